The van der Waals surface area contributed by atoms with Gasteiger partial charge in [0.15, 0.2) is 5.65 Å². The topological polar surface area (TPSA) is 53.7 Å². The van der Waals surface area contributed by atoms with Gasteiger partial charge in [-0.25, -0.2) is 4.98 Å². The molecule has 29 heavy (non-hydrogen) atoms. The van der Waals surface area contributed by atoms with E-state index in [2.05, 4.69) is 14.9 Å². The smallest absolute Gasteiger partial charge is 0.274 e. The third-order valence-corrected chi connectivity index (χ3v) is 6.33. The van der Waals surface area contributed by atoms with Crippen molar-refractivity contribution in [2.24, 2.45) is 0 Å². The van der Waals surface area contributed by atoms with Crippen molar-refractivity contribution in [2.45, 2.75) is 38.1 Å². The van der Waals surface area contributed by atoms with Gasteiger partial charge in [-0.1, -0.05) is 49.6 Å². The molecule has 1 aliphatic heterocycles. The number of imidazole rings is 1. The van der Waals surface area contributed by atoms with Crippen molar-refractivity contribution in [2.75, 3.05) is 26.2 Å². The number of hydrogen-bond acceptors (Lipinski definition) is 4. The molecule has 0 unspecified atom stereocenters. The molecular formula is C23H27N5O. The maximum absolute atomic E-state index is 13.1. The zero-order valence-electron chi connectivity index (χ0n) is 16.7. The molecule has 1 saturated heterocycles. The lowest BCUT2D eigenvalue weighted by Crippen LogP contribution is -2.52. The average molecular weight is 390 g/mol. The number of piperazine rings is 1. The molecule has 1 saturated carbocycles. The number of benzene rings is 1. The molecule has 0 bridgehead atoms. The molecule has 5 rings (SSSR count). The minimum atomic E-state index is 0.0241. The van der Waals surface area contributed by atoms with Crippen LogP contribution in [0.5, 0.6) is 0 Å². The summed E-state index contributed by atoms with van der Waals surface area (Å²) in [6.07, 6.45) is 12.2. The second kappa shape index (κ2) is 7.95. The van der Waals surface area contributed by atoms with Crippen LogP contribution in [0.2, 0.25) is 0 Å². The Bertz CT molecular complexity index is 985. The van der Waals surface area contributed by atoms with Crippen molar-refractivity contribution < 1.29 is 4.79 Å². The lowest BCUT2D eigenvalue weighted by Gasteiger charge is -2.40. The fourth-order valence-corrected chi connectivity index (χ4v) is 4.72. The van der Waals surface area contributed by atoms with Crippen molar-refractivity contribution in [1.82, 2.24) is 24.2 Å². The molecule has 1 aliphatic carbocycles. The van der Waals surface area contributed by atoms with Crippen molar-refractivity contribution in [1.29, 1.82) is 0 Å². The number of amides is 1. The van der Waals surface area contributed by atoms with Crippen LogP contribution in [0.3, 0.4) is 0 Å². The quantitative estimate of drug-likeness (QED) is 0.688. The van der Waals surface area contributed by atoms with E-state index in [0.29, 0.717) is 5.69 Å². The molecule has 0 atom stereocenters. The zero-order valence-corrected chi connectivity index (χ0v) is 16.7. The Hall–Kier alpha value is -2.73. The number of aromatic nitrogens is 3. The van der Waals surface area contributed by atoms with Gasteiger partial charge in [-0.05, 0) is 12.8 Å². The summed E-state index contributed by atoms with van der Waals surface area (Å²) in [5.41, 5.74) is 3.03. The summed E-state index contributed by atoms with van der Waals surface area (Å²) in [7, 11) is 0. The van der Waals surface area contributed by atoms with E-state index in [4.69, 9.17) is 0 Å². The van der Waals surface area contributed by atoms with Gasteiger partial charge in [0.25, 0.3) is 5.91 Å². The van der Waals surface area contributed by atoms with Crippen LogP contribution in [-0.4, -0.2) is 62.3 Å². The van der Waals surface area contributed by atoms with E-state index in [-0.39, 0.29) is 5.91 Å². The lowest BCUT2D eigenvalue weighted by atomic mass is 9.94. The van der Waals surface area contributed by atoms with Gasteiger partial charge in [0.1, 0.15) is 11.4 Å². The summed E-state index contributed by atoms with van der Waals surface area (Å²) in [6.45, 7) is 3.52. The number of carbonyl (C=O) groups is 1. The van der Waals surface area contributed by atoms with Gasteiger partial charge in [0.05, 0.1) is 0 Å². The SMILES string of the molecule is O=C(c1cn2ccnc(-c3ccccc3)c2n1)N1CCN(C2CCCCC2)CC1. The van der Waals surface area contributed by atoms with Crippen LogP contribution < -0.4 is 0 Å². The largest absolute Gasteiger partial charge is 0.335 e. The first kappa shape index (κ1) is 18.3. The van der Waals surface area contributed by atoms with Crippen molar-refractivity contribution in [3.63, 3.8) is 0 Å². The second-order valence-corrected chi connectivity index (χ2v) is 8.12. The third kappa shape index (κ3) is 3.65. The maximum Gasteiger partial charge on any atom is 0.274 e. The van der Waals surface area contributed by atoms with Gasteiger partial charge in [-0.2, -0.15) is 0 Å². The highest BCUT2D eigenvalue weighted by Gasteiger charge is 2.28. The van der Waals surface area contributed by atoms with Gasteiger partial charge >= 0.3 is 0 Å². The summed E-state index contributed by atoms with van der Waals surface area (Å²) in [5, 5.41) is 0. The Balaban J connectivity index is 1.33. The fraction of sp³-hybridized carbons (Fsp3) is 0.435. The van der Waals surface area contributed by atoms with Crippen molar-refractivity contribution >= 4 is 11.6 Å². The monoisotopic (exact) mass is 389 g/mol. The van der Waals surface area contributed by atoms with E-state index >= 15 is 0 Å². The van der Waals surface area contributed by atoms with E-state index in [1.54, 1.807) is 6.20 Å². The minimum Gasteiger partial charge on any atom is -0.335 e. The average Bonchev–Trinajstić information content (AvgIpc) is 3.24. The Morgan fingerprint density at radius 2 is 1.72 bits per heavy atom. The second-order valence-electron chi connectivity index (χ2n) is 8.12. The van der Waals surface area contributed by atoms with Gasteiger partial charge < -0.3 is 9.30 Å². The summed E-state index contributed by atoms with van der Waals surface area (Å²) >= 11 is 0. The van der Waals surface area contributed by atoms with Gasteiger partial charge in [0, 0.05) is 56.4 Å². The number of nitrogens with zero attached hydrogens (tertiary/aromatic N) is 5. The molecule has 2 aliphatic rings. The molecule has 1 amide bonds. The molecule has 3 heterocycles. The number of hydrogen-bond donors (Lipinski definition) is 0. The Kier molecular flexibility index (Phi) is 5.02. The van der Waals surface area contributed by atoms with Gasteiger partial charge in [0.2, 0.25) is 0 Å². The van der Waals surface area contributed by atoms with Crippen LogP contribution in [0.15, 0.2) is 48.9 Å². The summed E-state index contributed by atoms with van der Waals surface area (Å²) in [6, 6.07) is 10.7. The highest BCUT2D eigenvalue weighted by molar-refractivity contribution is 5.93. The molecule has 6 heteroatoms. The van der Waals surface area contributed by atoms with E-state index in [1.807, 2.05) is 52.0 Å². The highest BCUT2D eigenvalue weighted by atomic mass is 16.2. The first-order chi connectivity index (χ1) is 14.3. The van der Waals surface area contributed by atoms with Crippen LogP contribution in [0, 0.1) is 0 Å². The number of rotatable bonds is 3. The third-order valence-electron chi connectivity index (χ3n) is 6.33. The molecule has 3 aromatic rings. The molecule has 1 aromatic carbocycles. The number of fused-ring (bicyclic) bond motifs is 1. The minimum absolute atomic E-state index is 0.0241. The molecular weight excluding hydrogens is 362 g/mol. The van der Waals surface area contributed by atoms with Crippen LogP contribution in [-0.2, 0) is 0 Å². The predicted octanol–water partition coefficient (Wildman–Crippen LogP) is 3.49. The van der Waals surface area contributed by atoms with Crippen LogP contribution in [0.4, 0.5) is 0 Å². The van der Waals surface area contributed by atoms with Gasteiger partial charge in [-0.15, -0.1) is 0 Å². The standard InChI is InChI=1S/C23H27N5O/c29-23(27-15-13-26(14-16-27)19-9-5-2-6-10-19)20-17-28-12-11-24-21(22(28)25-20)18-7-3-1-4-8-18/h1,3-4,7-8,11-12,17,19H,2,5-6,9-10,13-16H2. The highest BCUT2D eigenvalue weighted by Crippen LogP contribution is 2.25. The first-order valence-corrected chi connectivity index (χ1v) is 10.7. The summed E-state index contributed by atoms with van der Waals surface area (Å²) in [5.74, 6) is 0.0241. The predicted molar refractivity (Wildman–Crippen MR) is 113 cm³/mol. The molecule has 0 N–H and O–H groups in total. The lowest BCUT2D eigenvalue weighted by molar-refractivity contribution is 0.0519. The van der Waals surface area contributed by atoms with Crippen LogP contribution in [0.25, 0.3) is 16.9 Å². The van der Waals surface area contributed by atoms with Gasteiger partial charge in [-0.3, -0.25) is 14.7 Å². The summed E-state index contributed by atoms with van der Waals surface area (Å²) < 4.78 is 1.90. The molecule has 2 fully saturated rings. The fourth-order valence-electron chi connectivity index (χ4n) is 4.72. The van der Waals surface area contributed by atoms with Crippen molar-refractivity contribution in [3.05, 3.63) is 54.6 Å². The Morgan fingerprint density at radius 1 is 0.966 bits per heavy atom. The molecule has 0 radical (unpaired) electrons. The van der Waals surface area contributed by atoms with E-state index in [1.165, 1.54) is 32.1 Å². The Morgan fingerprint density at radius 3 is 2.48 bits per heavy atom. The maximum atomic E-state index is 13.1. The Labute approximate surface area is 171 Å². The molecule has 6 nitrogen and oxygen atoms in total. The first-order valence-electron chi connectivity index (χ1n) is 10.7. The molecule has 150 valence electrons. The molecule has 0 spiro atoms. The van der Waals surface area contributed by atoms with E-state index < -0.39 is 0 Å². The normalized spacial score (nSPS) is 19.0. The van der Waals surface area contributed by atoms with Crippen LogP contribution >= 0.6 is 0 Å². The summed E-state index contributed by atoms with van der Waals surface area (Å²) in [4.78, 5) is 26.8. The van der Waals surface area contributed by atoms with Crippen LogP contribution in [0.1, 0.15) is 42.6 Å². The number of carbonyl (C=O) groups excluding carboxylic acids is 1. The van der Waals surface area contributed by atoms with Crippen molar-refractivity contribution in [3.8, 4) is 11.3 Å². The zero-order chi connectivity index (χ0) is 19.6. The van der Waals surface area contributed by atoms with E-state index in [9.17, 15) is 4.79 Å². The molecule has 2 aromatic heterocycles. The van der Waals surface area contributed by atoms with E-state index in [0.717, 1.165) is 49.1 Å².